The maximum absolute atomic E-state index is 11.4. The van der Waals surface area contributed by atoms with Crippen molar-refractivity contribution in [3.8, 4) is 5.75 Å². The predicted molar refractivity (Wildman–Crippen MR) is 78.4 cm³/mol. The van der Waals surface area contributed by atoms with E-state index in [-0.39, 0.29) is 0 Å². The van der Waals surface area contributed by atoms with Crippen LogP contribution in [0.1, 0.15) is 12.0 Å². The summed E-state index contributed by atoms with van der Waals surface area (Å²) < 4.78 is 5.04. The number of carbonyl (C=O) groups excluding carboxylic acids is 1. The summed E-state index contributed by atoms with van der Waals surface area (Å²) in [4.78, 5) is 27.1. The molecule has 2 aromatic rings. The fourth-order valence-corrected chi connectivity index (χ4v) is 2.06. The number of aliphatic carboxylic acids is 1. The minimum Gasteiger partial charge on any atom is -0.481 e. The van der Waals surface area contributed by atoms with Crippen LogP contribution >= 0.6 is 0 Å². The minimum absolute atomic E-state index is 0.361. The number of carboxylic acids is 1. The Labute approximate surface area is 122 Å². The van der Waals surface area contributed by atoms with Crippen LogP contribution in [0.2, 0.25) is 0 Å². The number of ether oxygens (including phenoxy) is 1. The highest BCUT2D eigenvalue weighted by Gasteiger charge is 2.11. The number of aromatic amines is 1. The molecule has 6 nitrogen and oxygen atoms in total. The van der Waals surface area contributed by atoms with Crippen molar-refractivity contribution in [2.45, 2.75) is 12.8 Å². The third-order valence-electron chi connectivity index (χ3n) is 3.09. The molecule has 0 saturated heterocycles. The first-order valence-electron chi connectivity index (χ1n) is 6.63. The van der Waals surface area contributed by atoms with E-state index in [0.29, 0.717) is 5.75 Å². The molecule has 0 fully saturated rings. The lowest BCUT2D eigenvalue weighted by Crippen LogP contribution is -2.15. The molecule has 0 amide bonds. The molecule has 6 heteroatoms. The molecule has 0 aliphatic carbocycles. The molecular formula is C15H18N2O4. The van der Waals surface area contributed by atoms with Crippen molar-refractivity contribution in [3.63, 3.8) is 0 Å². The molecule has 0 aliphatic heterocycles. The zero-order valence-electron chi connectivity index (χ0n) is 12.0. The van der Waals surface area contributed by atoms with Gasteiger partial charge in [0.2, 0.25) is 0 Å². The van der Waals surface area contributed by atoms with Crippen molar-refractivity contribution in [1.29, 1.82) is 0 Å². The van der Waals surface area contributed by atoms with E-state index in [1.54, 1.807) is 12.1 Å². The number of esters is 1. The van der Waals surface area contributed by atoms with Crippen LogP contribution in [0.15, 0.2) is 24.4 Å². The summed E-state index contributed by atoms with van der Waals surface area (Å²) in [5, 5.41) is 9.54. The summed E-state index contributed by atoms with van der Waals surface area (Å²) in [6.45, 7) is 0.913. The van der Waals surface area contributed by atoms with Crippen LogP contribution in [-0.2, 0) is 16.0 Å². The molecule has 112 valence electrons. The van der Waals surface area contributed by atoms with Crippen molar-refractivity contribution >= 4 is 22.8 Å². The van der Waals surface area contributed by atoms with Gasteiger partial charge < -0.3 is 19.7 Å². The van der Waals surface area contributed by atoms with E-state index in [1.807, 2.05) is 26.4 Å². The number of benzene rings is 1. The Morgan fingerprint density at radius 2 is 2.10 bits per heavy atom. The van der Waals surface area contributed by atoms with E-state index in [9.17, 15) is 9.59 Å². The Bertz CT molecular complexity index is 661. The number of hydrogen-bond donors (Lipinski definition) is 2. The highest BCUT2D eigenvalue weighted by Crippen LogP contribution is 2.24. The first-order valence-corrected chi connectivity index (χ1v) is 6.63. The van der Waals surface area contributed by atoms with Gasteiger partial charge in [-0.15, -0.1) is 0 Å². The second kappa shape index (κ2) is 6.41. The number of carboxylic acid groups (broad SMARTS) is 1. The summed E-state index contributed by atoms with van der Waals surface area (Å²) in [5.74, 6) is -1.61. The number of hydrogen-bond acceptors (Lipinski definition) is 4. The fourth-order valence-electron chi connectivity index (χ4n) is 2.06. The summed E-state index contributed by atoms with van der Waals surface area (Å²) in [6.07, 6.45) is 2.18. The van der Waals surface area contributed by atoms with Gasteiger partial charge >= 0.3 is 11.9 Å². The van der Waals surface area contributed by atoms with Crippen LogP contribution in [0.3, 0.4) is 0 Å². The van der Waals surface area contributed by atoms with Crippen molar-refractivity contribution in [2.24, 2.45) is 0 Å². The summed E-state index contributed by atoms with van der Waals surface area (Å²) in [7, 11) is 4.02. The topological polar surface area (TPSA) is 82.6 Å². The number of carbonyl (C=O) groups is 2. The normalized spacial score (nSPS) is 11.0. The third-order valence-corrected chi connectivity index (χ3v) is 3.09. The molecule has 1 heterocycles. The van der Waals surface area contributed by atoms with Crippen LogP contribution in [0.5, 0.6) is 5.75 Å². The van der Waals surface area contributed by atoms with Crippen LogP contribution < -0.4 is 4.74 Å². The van der Waals surface area contributed by atoms with Crippen molar-refractivity contribution in [3.05, 3.63) is 30.0 Å². The van der Waals surface area contributed by atoms with Gasteiger partial charge in [0.05, 0.1) is 0 Å². The number of rotatable bonds is 6. The van der Waals surface area contributed by atoms with E-state index in [4.69, 9.17) is 9.84 Å². The molecule has 1 aromatic carbocycles. The maximum atomic E-state index is 11.4. The molecule has 21 heavy (non-hydrogen) atoms. The average molecular weight is 290 g/mol. The Balaban J connectivity index is 2.17. The lowest BCUT2D eigenvalue weighted by Gasteiger charge is -2.08. The van der Waals surface area contributed by atoms with E-state index in [2.05, 4.69) is 9.88 Å². The predicted octanol–water partition coefficient (Wildman–Crippen LogP) is 1.65. The lowest BCUT2D eigenvalue weighted by atomic mass is 10.1. The van der Waals surface area contributed by atoms with Crippen LogP contribution in [0.25, 0.3) is 10.9 Å². The Morgan fingerprint density at radius 3 is 2.76 bits per heavy atom. The molecular weight excluding hydrogens is 272 g/mol. The Hall–Kier alpha value is -2.34. The van der Waals surface area contributed by atoms with Crippen molar-refractivity contribution < 1.29 is 19.4 Å². The fraction of sp³-hybridized carbons (Fsp3) is 0.333. The minimum atomic E-state index is -1.20. The molecule has 1 aromatic heterocycles. The number of fused-ring (bicyclic) bond motifs is 1. The molecule has 0 radical (unpaired) electrons. The number of nitrogens with zero attached hydrogens (tertiary/aromatic N) is 1. The smallest absolute Gasteiger partial charge is 0.322 e. The zero-order chi connectivity index (χ0) is 15.4. The maximum Gasteiger partial charge on any atom is 0.322 e. The summed E-state index contributed by atoms with van der Waals surface area (Å²) in [6, 6.07) is 5.22. The SMILES string of the molecule is CN(C)CCc1c[nH]c2ccc(OC(=O)CC(=O)O)cc12. The molecule has 0 unspecified atom stereocenters. The number of H-pyrrole nitrogens is 1. The van der Waals surface area contributed by atoms with Crippen molar-refractivity contribution in [2.75, 3.05) is 20.6 Å². The van der Waals surface area contributed by atoms with Crippen LogP contribution in [-0.4, -0.2) is 47.6 Å². The second-order valence-electron chi connectivity index (χ2n) is 5.12. The Kier molecular flexibility index (Phi) is 4.59. The molecule has 2 rings (SSSR count). The van der Waals surface area contributed by atoms with Gasteiger partial charge in [0.15, 0.2) is 0 Å². The van der Waals surface area contributed by atoms with Gasteiger partial charge in [0, 0.05) is 23.6 Å². The first kappa shape index (κ1) is 15.1. The highest BCUT2D eigenvalue weighted by molar-refractivity contribution is 5.92. The molecule has 0 saturated carbocycles. The summed E-state index contributed by atoms with van der Waals surface area (Å²) in [5.41, 5.74) is 2.09. The van der Waals surface area contributed by atoms with Gasteiger partial charge in [-0.3, -0.25) is 9.59 Å². The number of nitrogens with one attached hydrogen (secondary N) is 1. The average Bonchev–Trinajstić information content (AvgIpc) is 2.77. The molecule has 2 N–H and O–H groups in total. The van der Waals surface area contributed by atoms with Gasteiger partial charge in [-0.05, 0) is 44.3 Å². The zero-order valence-corrected chi connectivity index (χ0v) is 12.0. The molecule has 0 aliphatic rings. The van der Waals surface area contributed by atoms with E-state index >= 15 is 0 Å². The monoisotopic (exact) mass is 290 g/mol. The first-order chi connectivity index (χ1) is 9.95. The van der Waals surface area contributed by atoms with Crippen LogP contribution in [0.4, 0.5) is 0 Å². The van der Waals surface area contributed by atoms with Gasteiger partial charge in [0.25, 0.3) is 0 Å². The van der Waals surface area contributed by atoms with Gasteiger partial charge in [-0.1, -0.05) is 0 Å². The number of likely N-dealkylation sites (N-methyl/N-ethyl adjacent to an activating group) is 1. The summed E-state index contributed by atoms with van der Waals surface area (Å²) >= 11 is 0. The third kappa shape index (κ3) is 4.06. The second-order valence-corrected chi connectivity index (χ2v) is 5.12. The van der Waals surface area contributed by atoms with Crippen LogP contribution in [0, 0.1) is 0 Å². The molecule has 0 spiro atoms. The quantitative estimate of drug-likeness (QED) is 0.480. The van der Waals surface area contributed by atoms with Gasteiger partial charge in [0.1, 0.15) is 12.2 Å². The van der Waals surface area contributed by atoms with E-state index in [1.165, 1.54) is 0 Å². The van der Waals surface area contributed by atoms with E-state index < -0.39 is 18.4 Å². The van der Waals surface area contributed by atoms with Gasteiger partial charge in [-0.2, -0.15) is 0 Å². The van der Waals surface area contributed by atoms with Gasteiger partial charge in [-0.25, -0.2) is 0 Å². The molecule has 0 atom stereocenters. The number of aromatic nitrogens is 1. The van der Waals surface area contributed by atoms with Crippen molar-refractivity contribution in [1.82, 2.24) is 9.88 Å². The lowest BCUT2D eigenvalue weighted by molar-refractivity contribution is -0.145. The Morgan fingerprint density at radius 1 is 1.33 bits per heavy atom. The largest absolute Gasteiger partial charge is 0.481 e. The molecule has 0 bridgehead atoms. The highest BCUT2D eigenvalue weighted by atomic mass is 16.5. The van der Waals surface area contributed by atoms with E-state index in [0.717, 1.165) is 29.4 Å². The standard InChI is InChI=1S/C15H18N2O4/c1-17(2)6-5-10-9-16-13-4-3-11(7-12(10)13)21-15(20)8-14(18)19/h3-4,7,9,16H,5-6,8H2,1-2H3,(H,18,19).